The van der Waals surface area contributed by atoms with E-state index in [0.29, 0.717) is 13.0 Å². The van der Waals surface area contributed by atoms with Gasteiger partial charge in [0.05, 0.1) is 12.0 Å². The predicted molar refractivity (Wildman–Crippen MR) is 67.5 cm³/mol. The zero-order chi connectivity index (χ0) is 12.7. The Morgan fingerprint density at radius 1 is 1.47 bits per heavy atom. The lowest BCUT2D eigenvalue weighted by Crippen LogP contribution is -2.32. The Morgan fingerprint density at radius 2 is 2.18 bits per heavy atom. The number of hydrogen-bond donors (Lipinski definition) is 1. The number of amides is 1. The van der Waals surface area contributed by atoms with Crippen LogP contribution in [0, 0.1) is 0 Å². The summed E-state index contributed by atoms with van der Waals surface area (Å²) in [6.45, 7) is 7.05. The maximum Gasteiger partial charge on any atom is 0.223 e. The molecule has 0 saturated heterocycles. The second-order valence-electron chi connectivity index (χ2n) is 3.99. The van der Waals surface area contributed by atoms with Gasteiger partial charge in [-0.15, -0.1) is 0 Å². The van der Waals surface area contributed by atoms with Crippen molar-refractivity contribution in [2.24, 2.45) is 7.05 Å². The second kappa shape index (κ2) is 7.06. The number of imidazole rings is 1. The van der Waals surface area contributed by atoms with E-state index in [2.05, 4.69) is 10.3 Å². The van der Waals surface area contributed by atoms with Gasteiger partial charge in [-0.1, -0.05) is 0 Å². The SMILES string of the molecule is CCN(CC)C(=O)CCNCc1cncn1C. The summed E-state index contributed by atoms with van der Waals surface area (Å²) in [7, 11) is 1.96. The smallest absolute Gasteiger partial charge is 0.223 e. The minimum atomic E-state index is 0.215. The van der Waals surface area contributed by atoms with Crippen LogP contribution in [0.4, 0.5) is 0 Å². The van der Waals surface area contributed by atoms with Crippen molar-refractivity contribution in [2.45, 2.75) is 26.8 Å². The quantitative estimate of drug-likeness (QED) is 0.714. The fraction of sp³-hybridized carbons (Fsp3) is 0.667. The van der Waals surface area contributed by atoms with Gasteiger partial charge in [-0.25, -0.2) is 4.98 Å². The Bertz CT molecular complexity index is 344. The molecule has 1 heterocycles. The van der Waals surface area contributed by atoms with E-state index in [-0.39, 0.29) is 5.91 Å². The van der Waals surface area contributed by atoms with E-state index in [4.69, 9.17) is 0 Å². The molecule has 0 bridgehead atoms. The molecule has 96 valence electrons. The van der Waals surface area contributed by atoms with E-state index in [0.717, 1.165) is 25.3 Å². The van der Waals surface area contributed by atoms with Gasteiger partial charge in [-0.3, -0.25) is 4.79 Å². The van der Waals surface area contributed by atoms with Gasteiger partial charge in [-0.05, 0) is 13.8 Å². The van der Waals surface area contributed by atoms with Gasteiger partial charge in [0.25, 0.3) is 0 Å². The van der Waals surface area contributed by atoms with E-state index >= 15 is 0 Å². The lowest BCUT2D eigenvalue weighted by Gasteiger charge is -2.18. The first-order valence-electron chi connectivity index (χ1n) is 6.12. The molecular formula is C12H22N4O. The van der Waals surface area contributed by atoms with E-state index in [1.165, 1.54) is 0 Å². The monoisotopic (exact) mass is 238 g/mol. The van der Waals surface area contributed by atoms with Gasteiger partial charge < -0.3 is 14.8 Å². The number of carbonyl (C=O) groups excluding carboxylic acids is 1. The molecule has 0 aromatic carbocycles. The van der Waals surface area contributed by atoms with Crippen molar-refractivity contribution in [3.63, 3.8) is 0 Å². The highest BCUT2D eigenvalue weighted by atomic mass is 16.2. The largest absolute Gasteiger partial charge is 0.343 e. The summed E-state index contributed by atoms with van der Waals surface area (Å²) in [6, 6.07) is 0. The third kappa shape index (κ3) is 4.19. The van der Waals surface area contributed by atoms with Crippen molar-refractivity contribution in [1.82, 2.24) is 19.8 Å². The van der Waals surface area contributed by atoms with Crippen molar-refractivity contribution in [3.8, 4) is 0 Å². The maximum atomic E-state index is 11.7. The molecule has 0 spiro atoms. The van der Waals surface area contributed by atoms with Crippen LogP contribution in [0.1, 0.15) is 26.0 Å². The summed E-state index contributed by atoms with van der Waals surface area (Å²) in [5, 5.41) is 3.25. The highest BCUT2D eigenvalue weighted by molar-refractivity contribution is 5.76. The highest BCUT2D eigenvalue weighted by Gasteiger charge is 2.08. The molecule has 0 atom stereocenters. The number of hydrogen-bond acceptors (Lipinski definition) is 3. The first-order chi connectivity index (χ1) is 8.19. The van der Waals surface area contributed by atoms with Crippen LogP contribution in [0.2, 0.25) is 0 Å². The molecule has 5 nitrogen and oxygen atoms in total. The zero-order valence-electron chi connectivity index (χ0n) is 10.9. The third-order valence-corrected chi connectivity index (χ3v) is 2.85. The summed E-state index contributed by atoms with van der Waals surface area (Å²) in [5.41, 5.74) is 1.13. The molecule has 1 N–H and O–H groups in total. The van der Waals surface area contributed by atoms with Gasteiger partial charge >= 0.3 is 0 Å². The summed E-state index contributed by atoms with van der Waals surface area (Å²) in [4.78, 5) is 17.6. The molecule has 0 radical (unpaired) electrons. The van der Waals surface area contributed by atoms with E-state index in [9.17, 15) is 4.79 Å². The lowest BCUT2D eigenvalue weighted by atomic mass is 10.3. The zero-order valence-corrected chi connectivity index (χ0v) is 10.9. The molecular weight excluding hydrogens is 216 g/mol. The summed E-state index contributed by atoms with van der Waals surface area (Å²) >= 11 is 0. The predicted octanol–water partition coefficient (Wildman–Crippen LogP) is 0.768. The molecule has 0 aliphatic carbocycles. The molecule has 1 rings (SSSR count). The van der Waals surface area contributed by atoms with Crippen molar-refractivity contribution in [2.75, 3.05) is 19.6 Å². The van der Waals surface area contributed by atoms with E-state index < -0.39 is 0 Å². The number of carbonyl (C=O) groups is 1. The van der Waals surface area contributed by atoms with Crippen LogP contribution in [0.15, 0.2) is 12.5 Å². The van der Waals surface area contributed by atoms with Crippen molar-refractivity contribution < 1.29 is 4.79 Å². The molecule has 0 aliphatic rings. The Balaban J connectivity index is 2.20. The van der Waals surface area contributed by atoms with Crippen molar-refractivity contribution in [3.05, 3.63) is 18.2 Å². The van der Waals surface area contributed by atoms with Gasteiger partial charge in [0.15, 0.2) is 0 Å². The average Bonchev–Trinajstić information content (AvgIpc) is 2.72. The van der Waals surface area contributed by atoms with E-state index in [1.54, 1.807) is 6.33 Å². The van der Waals surface area contributed by atoms with Crippen molar-refractivity contribution >= 4 is 5.91 Å². The molecule has 0 unspecified atom stereocenters. The van der Waals surface area contributed by atoms with Gasteiger partial charge in [0.1, 0.15) is 0 Å². The molecule has 0 aliphatic heterocycles. The van der Waals surface area contributed by atoms with Gasteiger partial charge in [-0.2, -0.15) is 0 Å². The normalized spacial score (nSPS) is 10.5. The first kappa shape index (κ1) is 13.7. The minimum absolute atomic E-state index is 0.215. The van der Waals surface area contributed by atoms with Crippen LogP contribution in [-0.2, 0) is 18.4 Å². The Hall–Kier alpha value is -1.36. The standard InChI is InChI=1S/C12H22N4O/c1-4-16(5-2)12(17)6-7-13-8-11-9-14-10-15(11)3/h9-10,13H,4-8H2,1-3H3. The molecule has 17 heavy (non-hydrogen) atoms. The third-order valence-electron chi connectivity index (χ3n) is 2.85. The number of aromatic nitrogens is 2. The number of aryl methyl sites for hydroxylation is 1. The average molecular weight is 238 g/mol. The fourth-order valence-electron chi connectivity index (χ4n) is 1.70. The number of nitrogens with one attached hydrogen (secondary N) is 1. The molecule has 1 amide bonds. The highest BCUT2D eigenvalue weighted by Crippen LogP contribution is 1.96. The molecule has 1 aromatic heterocycles. The van der Waals surface area contributed by atoms with Crippen LogP contribution in [0.3, 0.4) is 0 Å². The van der Waals surface area contributed by atoms with Crippen molar-refractivity contribution in [1.29, 1.82) is 0 Å². The summed E-state index contributed by atoms with van der Waals surface area (Å²) in [6.07, 6.45) is 4.16. The Labute approximate surface area is 103 Å². The fourth-order valence-corrected chi connectivity index (χ4v) is 1.70. The molecule has 5 heteroatoms. The molecule has 0 saturated carbocycles. The van der Waals surface area contributed by atoms with Crippen LogP contribution in [0.25, 0.3) is 0 Å². The second-order valence-corrected chi connectivity index (χ2v) is 3.99. The molecule has 1 aromatic rings. The topological polar surface area (TPSA) is 50.2 Å². The summed E-state index contributed by atoms with van der Waals surface area (Å²) in [5.74, 6) is 0.215. The number of nitrogens with zero attached hydrogens (tertiary/aromatic N) is 3. The lowest BCUT2D eigenvalue weighted by molar-refractivity contribution is -0.130. The maximum absolute atomic E-state index is 11.7. The van der Waals surface area contributed by atoms with Crippen LogP contribution >= 0.6 is 0 Å². The number of rotatable bonds is 7. The van der Waals surface area contributed by atoms with Gasteiger partial charge in [0, 0.05) is 45.8 Å². The Morgan fingerprint density at radius 3 is 2.71 bits per heavy atom. The van der Waals surface area contributed by atoms with Crippen LogP contribution in [0.5, 0.6) is 0 Å². The Kier molecular flexibility index (Phi) is 5.69. The van der Waals surface area contributed by atoms with E-state index in [1.807, 2.05) is 36.6 Å². The first-order valence-corrected chi connectivity index (χ1v) is 6.12. The van der Waals surface area contributed by atoms with Gasteiger partial charge in [0.2, 0.25) is 5.91 Å². The summed E-state index contributed by atoms with van der Waals surface area (Å²) < 4.78 is 1.97. The van der Waals surface area contributed by atoms with Crippen LogP contribution in [-0.4, -0.2) is 40.0 Å². The minimum Gasteiger partial charge on any atom is -0.343 e. The van der Waals surface area contributed by atoms with Crippen LogP contribution < -0.4 is 5.32 Å². The molecule has 0 fully saturated rings.